The highest BCUT2D eigenvalue weighted by Gasteiger charge is 2.95. The molecule has 33 heavy (non-hydrogen) atoms. The summed E-state index contributed by atoms with van der Waals surface area (Å²) in [5, 5.41) is 8.48. The summed E-state index contributed by atoms with van der Waals surface area (Å²) in [6.07, 6.45) is -11.1. The molecule has 0 saturated carbocycles. The maximum absolute atomic E-state index is 13.7. The van der Waals surface area contributed by atoms with Crippen molar-refractivity contribution in [2.75, 3.05) is 6.61 Å². The molecule has 0 spiro atoms. The minimum absolute atomic E-state index is 0.121. The van der Waals surface area contributed by atoms with E-state index in [1.165, 1.54) is 0 Å². The third-order valence-corrected chi connectivity index (χ3v) is 5.25. The van der Waals surface area contributed by atoms with Gasteiger partial charge in [0.25, 0.3) is 0 Å². The maximum Gasteiger partial charge on any atom is 0.460 e. The average Bonchev–Trinajstić information content (AvgIpc) is 2.59. The lowest BCUT2D eigenvalue weighted by Gasteiger charge is -2.43. The Kier molecular flexibility index (Phi) is 9.37. The Morgan fingerprint density at radius 3 is 1.18 bits per heavy atom. The molecule has 200 valence electrons. The molecule has 0 aliphatic heterocycles. The van der Waals surface area contributed by atoms with Crippen molar-refractivity contribution >= 4 is 22.6 Å². The number of unbranched alkanes of at least 4 members (excludes halogenated alkanes) is 1. The zero-order chi connectivity index (χ0) is 27.1. The first-order valence-corrected chi connectivity index (χ1v) is 9.41. The van der Waals surface area contributed by atoms with Gasteiger partial charge in [-0.1, -0.05) is 29.0 Å². The Hall–Kier alpha value is -0.500. The first-order chi connectivity index (χ1) is 14.2. The predicted octanol–water partition coefficient (Wildman–Crippen LogP) is 7.35. The molecule has 0 aromatic rings. The van der Waals surface area contributed by atoms with E-state index in [0.29, 0.717) is 0 Å². The molecule has 0 bridgehead atoms. The molecule has 19 heteroatoms. The summed E-state index contributed by atoms with van der Waals surface area (Å²) in [6.45, 7) is -0.536. The van der Waals surface area contributed by atoms with Crippen molar-refractivity contribution in [1.29, 1.82) is 0 Å². The monoisotopic (exact) mass is 646 g/mol. The van der Waals surface area contributed by atoms with E-state index >= 15 is 0 Å². The summed E-state index contributed by atoms with van der Waals surface area (Å²) < 4.78 is 221. The first kappa shape index (κ1) is 32.5. The number of aliphatic hydroxyl groups is 1. The van der Waals surface area contributed by atoms with E-state index < -0.39 is 71.0 Å². The maximum atomic E-state index is 13.7. The molecule has 0 aliphatic carbocycles. The molecule has 0 aromatic carbocycles. The lowest BCUT2D eigenvalue weighted by atomic mass is 9.87. The quantitative estimate of drug-likeness (QED) is 0.102. The Labute approximate surface area is 186 Å². The zero-order valence-corrected chi connectivity index (χ0v) is 17.5. The van der Waals surface area contributed by atoms with Crippen LogP contribution in [0.2, 0.25) is 0 Å². The van der Waals surface area contributed by atoms with Crippen molar-refractivity contribution in [3.8, 4) is 0 Å². The van der Waals surface area contributed by atoms with Gasteiger partial charge in [0.1, 0.15) is 0 Å². The van der Waals surface area contributed by atoms with Gasteiger partial charge in [-0.25, -0.2) is 0 Å². The van der Waals surface area contributed by atoms with Crippen LogP contribution in [0.1, 0.15) is 25.7 Å². The third kappa shape index (κ3) is 5.22. The second-order valence-corrected chi connectivity index (χ2v) is 8.43. The second kappa shape index (κ2) is 9.51. The number of hydrogen-bond donors (Lipinski definition) is 1. The van der Waals surface area contributed by atoms with Gasteiger partial charge in [-0.15, -0.1) is 0 Å². The fourth-order valence-electron chi connectivity index (χ4n) is 2.18. The van der Waals surface area contributed by atoms with Crippen LogP contribution in [0.25, 0.3) is 0 Å². The van der Waals surface area contributed by atoms with Crippen molar-refractivity contribution in [3.63, 3.8) is 0 Å². The van der Waals surface area contributed by atoms with Crippen molar-refractivity contribution < 1.29 is 79.7 Å². The molecule has 0 radical (unpaired) electrons. The van der Waals surface area contributed by atoms with E-state index in [1.54, 1.807) is 0 Å². The number of alkyl halides is 18. The first-order valence-electron chi connectivity index (χ1n) is 8.17. The largest absolute Gasteiger partial charge is 0.460 e. The van der Waals surface area contributed by atoms with Crippen LogP contribution >= 0.6 is 22.6 Å². The van der Waals surface area contributed by atoms with Crippen LogP contribution in [0.5, 0.6) is 0 Å². The van der Waals surface area contributed by atoms with E-state index in [0.717, 1.165) is 22.6 Å². The van der Waals surface area contributed by atoms with Gasteiger partial charge in [0.2, 0.25) is 0 Å². The summed E-state index contributed by atoms with van der Waals surface area (Å²) in [7, 11) is 0. The molecule has 1 unspecified atom stereocenters. The van der Waals surface area contributed by atoms with Crippen molar-refractivity contribution in [2.24, 2.45) is 0 Å². The van der Waals surface area contributed by atoms with Crippen LogP contribution in [0.4, 0.5) is 74.6 Å². The number of halogens is 18. The smallest absolute Gasteiger partial charge is 0.396 e. The van der Waals surface area contributed by atoms with E-state index in [2.05, 4.69) is 0 Å². The minimum atomic E-state index is -8.60. The molecule has 0 saturated heterocycles. The minimum Gasteiger partial charge on any atom is -0.396 e. The number of rotatable bonds is 12. The molecule has 1 atom stereocenters. The van der Waals surface area contributed by atoms with Gasteiger partial charge in [-0.3, -0.25) is 0 Å². The fraction of sp³-hybridized carbons (Fsp3) is 1.00. The van der Waals surface area contributed by atoms with Crippen LogP contribution in [-0.4, -0.2) is 63.3 Å². The van der Waals surface area contributed by atoms with E-state index in [4.69, 9.17) is 5.11 Å². The number of aliphatic hydroxyl groups excluding tert-OH is 1. The standard InChI is InChI=1S/C14H12F17IO/c15-7(16,5-6(32)3-1-2-4-33)8(17,18)9(19,20)10(21,22)11(23,24)12(25,26)13(27,28)14(29,30)31/h6,33H,1-5H2. The highest BCUT2D eigenvalue weighted by molar-refractivity contribution is 14.1. The molecule has 0 aliphatic rings. The van der Waals surface area contributed by atoms with Crippen LogP contribution < -0.4 is 0 Å². The Morgan fingerprint density at radius 1 is 0.515 bits per heavy atom. The SMILES string of the molecule is OCCCCC(I)CC(F)(F)C(F)(F)C(F)(F)C(F)(F)C(F)(F)C(F)(F)C(F)(F)C(F)(F)F. The summed E-state index contributed by atoms with van der Waals surface area (Å²) in [5.74, 6) is -56.0. The van der Waals surface area contributed by atoms with Gasteiger partial charge in [-0.05, 0) is 12.8 Å². The molecular formula is C14H12F17IO. The molecule has 1 nitrogen and oxygen atoms in total. The summed E-state index contributed by atoms with van der Waals surface area (Å²) in [6, 6.07) is 0. The summed E-state index contributed by atoms with van der Waals surface area (Å²) >= 11 is 0.924. The Bertz CT molecular complexity index is 657. The van der Waals surface area contributed by atoms with Gasteiger partial charge < -0.3 is 5.11 Å². The second-order valence-electron chi connectivity index (χ2n) is 6.67. The molecule has 1 N–H and O–H groups in total. The lowest BCUT2D eigenvalue weighted by molar-refractivity contribution is -0.461. The van der Waals surface area contributed by atoms with Crippen LogP contribution in [0, 0.1) is 0 Å². The normalized spacial score (nSPS) is 16.8. The van der Waals surface area contributed by atoms with Crippen LogP contribution in [0.3, 0.4) is 0 Å². The van der Waals surface area contributed by atoms with Crippen molar-refractivity contribution in [3.05, 3.63) is 0 Å². The topological polar surface area (TPSA) is 20.2 Å². The summed E-state index contributed by atoms with van der Waals surface area (Å²) in [4.78, 5) is 0. The molecule has 0 heterocycles. The Balaban J connectivity index is 6.37. The highest BCUT2D eigenvalue weighted by Crippen LogP contribution is 2.64. The van der Waals surface area contributed by atoms with Crippen LogP contribution in [0.15, 0.2) is 0 Å². The third-order valence-electron chi connectivity index (χ3n) is 4.19. The average molecular weight is 646 g/mol. The fourth-order valence-corrected chi connectivity index (χ4v) is 3.18. The van der Waals surface area contributed by atoms with Crippen molar-refractivity contribution in [2.45, 2.75) is 77.2 Å². The van der Waals surface area contributed by atoms with Gasteiger partial charge >= 0.3 is 47.6 Å². The zero-order valence-electron chi connectivity index (χ0n) is 15.4. The molecular weight excluding hydrogens is 634 g/mol. The summed E-state index contributed by atoms with van der Waals surface area (Å²) in [5.41, 5.74) is 0. The highest BCUT2D eigenvalue weighted by atomic mass is 127. The van der Waals surface area contributed by atoms with Crippen molar-refractivity contribution in [1.82, 2.24) is 0 Å². The van der Waals surface area contributed by atoms with E-state index in [1.807, 2.05) is 0 Å². The van der Waals surface area contributed by atoms with Gasteiger partial charge in [0, 0.05) is 17.0 Å². The number of hydrogen-bond acceptors (Lipinski definition) is 1. The Morgan fingerprint density at radius 2 is 0.848 bits per heavy atom. The molecule has 0 fully saturated rings. The molecule has 0 aromatic heterocycles. The van der Waals surface area contributed by atoms with Crippen LogP contribution in [-0.2, 0) is 0 Å². The predicted molar refractivity (Wildman–Crippen MR) is 84.0 cm³/mol. The van der Waals surface area contributed by atoms with Gasteiger partial charge in [-0.2, -0.15) is 74.6 Å². The molecule has 0 amide bonds. The van der Waals surface area contributed by atoms with E-state index in [-0.39, 0.29) is 12.8 Å². The van der Waals surface area contributed by atoms with E-state index in [9.17, 15) is 74.6 Å². The molecule has 0 rings (SSSR count). The van der Waals surface area contributed by atoms with Gasteiger partial charge in [0.05, 0.1) is 0 Å². The van der Waals surface area contributed by atoms with Gasteiger partial charge in [0.15, 0.2) is 0 Å². The lowest BCUT2D eigenvalue weighted by Crippen LogP contribution is -2.74.